The Hall–Kier alpha value is -0.340. The fourth-order valence-corrected chi connectivity index (χ4v) is 3.97. The maximum absolute atomic E-state index is 3.54. The molecule has 2 rings (SSSR count). The van der Waals surface area contributed by atoms with Crippen LogP contribution in [0.25, 0.3) is 0 Å². The normalized spacial score (nSPS) is 27.0. The average Bonchev–Trinajstić information content (AvgIpc) is 2.78. The van der Waals surface area contributed by atoms with Gasteiger partial charge >= 0.3 is 0 Å². The van der Waals surface area contributed by atoms with Crippen molar-refractivity contribution < 1.29 is 0 Å². The van der Waals surface area contributed by atoms with E-state index in [4.69, 9.17) is 0 Å². The minimum Gasteiger partial charge on any atom is -0.313 e. The van der Waals surface area contributed by atoms with Crippen LogP contribution in [0.2, 0.25) is 0 Å². The van der Waals surface area contributed by atoms with E-state index in [2.05, 4.69) is 37.7 Å². The first kappa shape index (κ1) is 13.1. The first-order valence-corrected chi connectivity index (χ1v) is 7.84. The summed E-state index contributed by atoms with van der Waals surface area (Å²) < 4.78 is 0. The fraction of sp³-hybridized carbons (Fsp3) is 0.733. The Kier molecular flexibility index (Phi) is 4.63. The number of nitrogens with one attached hydrogen (secondary N) is 1. The van der Waals surface area contributed by atoms with Crippen molar-refractivity contribution >= 4 is 11.3 Å². The largest absolute Gasteiger partial charge is 0.313 e. The summed E-state index contributed by atoms with van der Waals surface area (Å²) in [6.07, 6.45) is 7.04. The van der Waals surface area contributed by atoms with Gasteiger partial charge < -0.3 is 5.32 Å². The molecule has 0 amide bonds. The molecule has 0 aliphatic heterocycles. The van der Waals surface area contributed by atoms with Gasteiger partial charge in [0.1, 0.15) is 0 Å². The van der Waals surface area contributed by atoms with Crippen molar-refractivity contribution in [3.05, 3.63) is 21.9 Å². The third-order valence-electron chi connectivity index (χ3n) is 4.36. The van der Waals surface area contributed by atoms with Crippen molar-refractivity contribution in [2.24, 2.45) is 11.8 Å². The van der Waals surface area contributed by atoms with Crippen LogP contribution in [0.5, 0.6) is 0 Å². The molecule has 1 aromatic rings. The standard InChI is InChI=1S/C15H25NS/c1-4-12-5-7-13(8-6-12)15(16-3)14-9-11(2)17-10-14/h9-10,12-13,15-16H,4-8H2,1-3H3. The number of hydrogen-bond acceptors (Lipinski definition) is 2. The van der Waals surface area contributed by atoms with Crippen LogP contribution >= 0.6 is 11.3 Å². The SMILES string of the molecule is CCC1CCC(C(NC)c2csc(C)c2)CC1. The van der Waals surface area contributed by atoms with E-state index in [-0.39, 0.29) is 0 Å². The van der Waals surface area contributed by atoms with Crippen LogP contribution in [0.4, 0.5) is 0 Å². The molecule has 0 aromatic carbocycles. The topological polar surface area (TPSA) is 12.0 Å². The van der Waals surface area contributed by atoms with Crippen LogP contribution in [0.15, 0.2) is 11.4 Å². The van der Waals surface area contributed by atoms with Crippen molar-refractivity contribution in [2.75, 3.05) is 7.05 Å². The van der Waals surface area contributed by atoms with Crippen LogP contribution in [0.3, 0.4) is 0 Å². The maximum Gasteiger partial charge on any atom is 0.0354 e. The van der Waals surface area contributed by atoms with Gasteiger partial charge in [-0.25, -0.2) is 0 Å². The van der Waals surface area contributed by atoms with Gasteiger partial charge in [0.2, 0.25) is 0 Å². The Bertz CT molecular complexity index is 336. The highest BCUT2D eigenvalue weighted by molar-refractivity contribution is 7.10. The van der Waals surface area contributed by atoms with Gasteiger partial charge in [0.05, 0.1) is 0 Å². The highest BCUT2D eigenvalue weighted by atomic mass is 32.1. The molecule has 2 heteroatoms. The Labute approximate surface area is 110 Å². The molecular weight excluding hydrogens is 226 g/mol. The number of thiophene rings is 1. The summed E-state index contributed by atoms with van der Waals surface area (Å²) in [7, 11) is 2.11. The lowest BCUT2D eigenvalue weighted by atomic mass is 9.76. The Morgan fingerprint density at radius 3 is 2.53 bits per heavy atom. The first-order valence-electron chi connectivity index (χ1n) is 6.96. The summed E-state index contributed by atoms with van der Waals surface area (Å²) >= 11 is 1.88. The van der Waals surface area contributed by atoms with E-state index in [1.807, 2.05) is 11.3 Å². The Morgan fingerprint density at radius 2 is 2.06 bits per heavy atom. The monoisotopic (exact) mass is 251 g/mol. The van der Waals surface area contributed by atoms with Crippen LogP contribution in [0, 0.1) is 18.8 Å². The molecule has 1 nitrogen and oxygen atoms in total. The maximum atomic E-state index is 3.54. The summed E-state index contributed by atoms with van der Waals surface area (Å²) in [6, 6.07) is 2.94. The van der Waals surface area contributed by atoms with Gasteiger partial charge in [-0.05, 0) is 55.7 Å². The van der Waals surface area contributed by atoms with Gasteiger partial charge in [-0.3, -0.25) is 0 Å². The Balaban J connectivity index is 2.00. The molecule has 1 fully saturated rings. The van der Waals surface area contributed by atoms with Crippen LogP contribution < -0.4 is 5.32 Å². The minimum atomic E-state index is 0.581. The molecule has 1 unspecified atom stereocenters. The number of rotatable bonds is 4. The molecule has 0 radical (unpaired) electrons. The number of hydrogen-bond donors (Lipinski definition) is 1. The molecule has 0 spiro atoms. The van der Waals surface area contributed by atoms with E-state index in [1.54, 1.807) is 0 Å². The summed E-state index contributed by atoms with van der Waals surface area (Å²) in [6.45, 7) is 4.54. The van der Waals surface area contributed by atoms with Gasteiger partial charge in [0.15, 0.2) is 0 Å². The summed E-state index contributed by atoms with van der Waals surface area (Å²) in [5, 5.41) is 5.88. The van der Waals surface area contributed by atoms with E-state index >= 15 is 0 Å². The van der Waals surface area contributed by atoms with E-state index in [9.17, 15) is 0 Å². The number of aryl methyl sites for hydroxylation is 1. The summed E-state index contributed by atoms with van der Waals surface area (Å²) in [4.78, 5) is 1.43. The smallest absolute Gasteiger partial charge is 0.0354 e. The van der Waals surface area contributed by atoms with Gasteiger partial charge in [0.25, 0.3) is 0 Å². The second-order valence-corrected chi connectivity index (χ2v) is 6.56. The quantitative estimate of drug-likeness (QED) is 0.829. The fourth-order valence-electron chi connectivity index (χ4n) is 3.23. The molecule has 17 heavy (non-hydrogen) atoms. The molecule has 1 aliphatic rings. The third kappa shape index (κ3) is 3.11. The molecule has 1 aromatic heterocycles. The van der Waals surface area contributed by atoms with Crippen molar-refractivity contribution in [3.63, 3.8) is 0 Å². The summed E-state index contributed by atoms with van der Waals surface area (Å²) in [5.41, 5.74) is 1.51. The van der Waals surface area contributed by atoms with Crippen molar-refractivity contribution in [3.8, 4) is 0 Å². The van der Waals surface area contributed by atoms with Gasteiger partial charge in [-0.1, -0.05) is 26.2 Å². The van der Waals surface area contributed by atoms with Crippen molar-refractivity contribution in [1.82, 2.24) is 5.32 Å². The molecule has 1 saturated carbocycles. The molecule has 1 aliphatic carbocycles. The van der Waals surface area contributed by atoms with Gasteiger partial charge in [-0.15, -0.1) is 11.3 Å². The minimum absolute atomic E-state index is 0.581. The lowest BCUT2D eigenvalue weighted by molar-refractivity contribution is 0.224. The molecule has 1 heterocycles. The van der Waals surface area contributed by atoms with Gasteiger partial charge in [-0.2, -0.15) is 0 Å². The second kappa shape index (κ2) is 6.01. The molecule has 1 N–H and O–H groups in total. The Morgan fingerprint density at radius 1 is 1.35 bits per heavy atom. The van der Waals surface area contributed by atoms with E-state index in [0.29, 0.717) is 6.04 Å². The highest BCUT2D eigenvalue weighted by Crippen LogP contribution is 2.38. The predicted octanol–water partition coefficient (Wildman–Crippen LogP) is 4.53. The highest BCUT2D eigenvalue weighted by Gasteiger charge is 2.27. The molecule has 0 bridgehead atoms. The van der Waals surface area contributed by atoms with Crippen LogP contribution in [-0.2, 0) is 0 Å². The zero-order chi connectivity index (χ0) is 12.3. The van der Waals surface area contributed by atoms with Crippen LogP contribution in [0.1, 0.15) is 55.5 Å². The molecule has 1 atom stereocenters. The second-order valence-electron chi connectivity index (χ2n) is 5.45. The van der Waals surface area contributed by atoms with E-state index in [0.717, 1.165) is 11.8 Å². The average molecular weight is 251 g/mol. The van der Waals surface area contributed by atoms with E-state index < -0.39 is 0 Å². The third-order valence-corrected chi connectivity index (χ3v) is 5.24. The van der Waals surface area contributed by atoms with E-state index in [1.165, 1.54) is 42.5 Å². The zero-order valence-corrected chi connectivity index (χ0v) is 12.1. The van der Waals surface area contributed by atoms with Crippen molar-refractivity contribution in [1.29, 1.82) is 0 Å². The molecular formula is C15H25NS. The zero-order valence-electron chi connectivity index (χ0n) is 11.3. The molecule has 96 valence electrons. The molecule has 0 saturated heterocycles. The predicted molar refractivity (Wildman–Crippen MR) is 76.6 cm³/mol. The summed E-state index contributed by atoms with van der Waals surface area (Å²) in [5.74, 6) is 1.84. The van der Waals surface area contributed by atoms with Crippen molar-refractivity contribution in [2.45, 2.75) is 52.0 Å². The lowest BCUT2D eigenvalue weighted by Crippen LogP contribution is -2.28. The first-order chi connectivity index (χ1) is 8.24. The lowest BCUT2D eigenvalue weighted by Gasteiger charge is -2.33. The van der Waals surface area contributed by atoms with Gasteiger partial charge in [0, 0.05) is 10.9 Å². The van der Waals surface area contributed by atoms with Crippen LogP contribution in [-0.4, -0.2) is 7.05 Å².